The Morgan fingerprint density at radius 2 is 1.95 bits per heavy atom. The lowest BCUT2D eigenvalue weighted by atomic mass is 10.1. The number of aliphatic hydroxyl groups excluding tert-OH is 1. The molecule has 0 saturated carbocycles. The zero-order valence-corrected chi connectivity index (χ0v) is 13.3. The molecule has 1 heterocycles. The van der Waals surface area contributed by atoms with E-state index in [1.165, 1.54) is 5.39 Å². The predicted molar refractivity (Wildman–Crippen MR) is 87.2 cm³/mol. The highest BCUT2D eigenvalue weighted by molar-refractivity contribution is 9.10. The Balaban J connectivity index is 1.90. The highest BCUT2D eigenvalue weighted by atomic mass is 79.9. The summed E-state index contributed by atoms with van der Waals surface area (Å²) in [4.78, 5) is 4.53. The van der Waals surface area contributed by atoms with E-state index in [-0.39, 0.29) is 0 Å². The van der Waals surface area contributed by atoms with E-state index in [2.05, 4.69) is 39.1 Å². The molecular weight excluding hydrogens is 334 g/mol. The van der Waals surface area contributed by atoms with Crippen molar-refractivity contribution in [3.63, 3.8) is 0 Å². The van der Waals surface area contributed by atoms with Crippen LogP contribution in [0.1, 0.15) is 18.6 Å². The molecule has 3 aromatic rings. The number of benzene rings is 2. The SMILES string of the molecule is C[C@H](O)c1ccc(Sc2cc3ccccc3[nH]2)c(Br)c1. The summed E-state index contributed by atoms with van der Waals surface area (Å²) in [7, 11) is 0. The number of fused-ring (bicyclic) bond motifs is 1. The standard InChI is InChI=1S/C16H14BrNOS/c1-10(19)11-6-7-15(13(17)8-11)20-16-9-12-4-2-3-5-14(12)18-16/h2-10,18-19H,1H3/t10-/m0/s1. The van der Waals surface area contributed by atoms with Crippen LogP contribution in [0.3, 0.4) is 0 Å². The maximum atomic E-state index is 9.59. The summed E-state index contributed by atoms with van der Waals surface area (Å²) in [6.07, 6.45) is -0.446. The van der Waals surface area contributed by atoms with E-state index >= 15 is 0 Å². The van der Waals surface area contributed by atoms with Crippen molar-refractivity contribution in [3.05, 3.63) is 58.6 Å². The second-order valence-corrected chi connectivity index (χ2v) is 6.63. The van der Waals surface area contributed by atoms with Crippen LogP contribution in [-0.2, 0) is 0 Å². The minimum absolute atomic E-state index is 0.446. The molecular formula is C16H14BrNOS. The number of para-hydroxylation sites is 1. The van der Waals surface area contributed by atoms with E-state index in [4.69, 9.17) is 0 Å². The first-order valence-electron chi connectivity index (χ1n) is 6.36. The van der Waals surface area contributed by atoms with Crippen molar-refractivity contribution < 1.29 is 5.11 Å². The Morgan fingerprint density at radius 3 is 2.65 bits per heavy atom. The smallest absolute Gasteiger partial charge is 0.0781 e. The van der Waals surface area contributed by atoms with Crippen LogP contribution in [0.4, 0.5) is 0 Å². The van der Waals surface area contributed by atoms with Gasteiger partial charge in [0.2, 0.25) is 0 Å². The van der Waals surface area contributed by atoms with Gasteiger partial charge < -0.3 is 10.1 Å². The fourth-order valence-electron chi connectivity index (χ4n) is 2.08. The summed E-state index contributed by atoms with van der Waals surface area (Å²) in [5.41, 5.74) is 2.06. The fourth-order valence-corrected chi connectivity index (χ4v) is 3.60. The molecule has 0 fully saturated rings. The van der Waals surface area contributed by atoms with Crippen molar-refractivity contribution in [3.8, 4) is 0 Å². The second-order valence-electron chi connectivity index (χ2n) is 4.69. The summed E-state index contributed by atoms with van der Waals surface area (Å²) in [6, 6.07) is 16.3. The number of halogens is 1. The molecule has 0 aliphatic rings. The van der Waals surface area contributed by atoms with Crippen LogP contribution in [0.5, 0.6) is 0 Å². The molecule has 0 radical (unpaired) electrons. The average Bonchev–Trinajstić information content (AvgIpc) is 2.83. The Hall–Kier alpha value is -1.23. The Labute approximate surface area is 130 Å². The molecule has 1 atom stereocenters. The summed E-state index contributed by atoms with van der Waals surface area (Å²) in [5.74, 6) is 0. The van der Waals surface area contributed by atoms with Crippen LogP contribution in [-0.4, -0.2) is 10.1 Å². The van der Waals surface area contributed by atoms with Crippen molar-refractivity contribution in [1.82, 2.24) is 4.98 Å². The van der Waals surface area contributed by atoms with E-state index < -0.39 is 6.10 Å². The first kappa shape index (κ1) is 13.7. The molecule has 2 nitrogen and oxygen atoms in total. The van der Waals surface area contributed by atoms with Crippen LogP contribution < -0.4 is 0 Å². The number of rotatable bonds is 3. The van der Waals surface area contributed by atoms with Crippen LogP contribution in [0.15, 0.2) is 62.9 Å². The van der Waals surface area contributed by atoms with Gasteiger partial charge in [-0.15, -0.1) is 0 Å². The van der Waals surface area contributed by atoms with E-state index in [0.29, 0.717) is 0 Å². The van der Waals surface area contributed by atoms with Gasteiger partial charge in [-0.3, -0.25) is 0 Å². The summed E-state index contributed by atoms with van der Waals surface area (Å²) in [5, 5.41) is 11.9. The number of nitrogens with one attached hydrogen (secondary N) is 1. The molecule has 0 spiro atoms. The molecule has 0 amide bonds. The van der Waals surface area contributed by atoms with Gasteiger partial charge in [-0.1, -0.05) is 36.0 Å². The summed E-state index contributed by atoms with van der Waals surface area (Å²) in [6.45, 7) is 1.77. The molecule has 0 aliphatic carbocycles. The number of aromatic amines is 1. The lowest BCUT2D eigenvalue weighted by molar-refractivity contribution is 0.199. The molecule has 4 heteroatoms. The third-order valence-electron chi connectivity index (χ3n) is 3.16. The van der Waals surface area contributed by atoms with Crippen molar-refractivity contribution >= 4 is 38.6 Å². The van der Waals surface area contributed by atoms with Crippen molar-refractivity contribution in [2.45, 2.75) is 22.9 Å². The normalized spacial score (nSPS) is 12.8. The van der Waals surface area contributed by atoms with Gasteiger partial charge in [-0.05, 0) is 52.7 Å². The van der Waals surface area contributed by atoms with Gasteiger partial charge in [-0.25, -0.2) is 0 Å². The van der Waals surface area contributed by atoms with Crippen LogP contribution in [0.25, 0.3) is 10.9 Å². The number of hydrogen-bond acceptors (Lipinski definition) is 2. The van der Waals surface area contributed by atoms with Gasteiger partial charge in [0.15, 0.2) is 0 Å². The van der Waals surface area contributed by atoms with E-state index in [1.807, 2.05) is 30.3 Å². The molecule has 0 unspecified atom stereocenters. The van der Waals surface area contributed by atoms with Crippen LogP contribution in [0.2, 0.25) is 0 Å². The summed E-state index contributed by atoms with van der Waals surface area (Å²) >= 11 is 5.25. The van der Waals surface area contributed by atoms with Gasteiger partial charge in [0.25, 0.3) is 0 Å². The second kappa shape index (κ2) is 5.64. The number of aliphatic hydroxyl groups is 1. The largest absolute Gasteiger partial charge is 0.389 e. The van der Waals surface area contributed by atoms with Crippen LogP contribution >= 0.6 is 27.7 Å². The molecule has 0 bridgehead atoms. The highest BCUT2D eigenvalue weighted by Gasteiger charge is 2.08. The van der Waals surface area contributed by atoms with Crippen molar-refractivity contribution in [1.29, 1.82) is 0 Å². The first-order chi connectivity index (χ1) is 9.63. The Bertz CT molecular complexity index is 718. The fraction of sp³-hybridized carbons (Fsp3) is 0.125. The van der Waals surface area contributed by atoms with Gasteiger partial charge >= 0.3 is 0 Å². The maximum Gasteiger partial charge on any atom is 0.0781 e. The molecule has 1 aromatic heterocycles. The number of H-pyrrole nitrogens is 1. The minimum atomic E-state index is -0.446. The van der Waals surface area contributed by atoms with E-state index in [9.17, 15) is 5.11 Å². The van der Waals surface area contributed by atoms with Gasteiger partial charge in [0, 0.05) is 20.3 Å². The topological polar surface area (TPSA) is 36.0 Å². The van der Waals surface area contributed by atoms with E-state index in [1.54, 1.807) is 18.7 Å². The molecule has 20 heavy (non-hydrogen) atoms. The Morgan fingerprint density at radius 1 is 1.15 bits per heavy atom. The zero-order chi connectivity index (χ0) is 14.1. The zero-order valence-electron chi connectivity index (χ0n) is 10.9. The lowest BCUT2D eigenvalue weighted by Gasteiger charge is -2.08. The number of aromatic nitrogens is 1. The van der Waals surface area contributed by atoms with E-state index in [0.717, 1.165) is 25.5 Å². The third kappa shape index (κ3) is 2.77. The molecule has 0 aliphatic heterocycles. The molecule has 102 valence electrons. The monoisotopic (exact) mass is 347 g/mol. The molecule has 2 aromatic carbocycles. The lowest BCUT2D eigenvalue weighted by Crippen LogP contribution is -1.90. The quantitative estimate of drug-likeness (QED) is 0.688. The average molecular weight is 348 g/mol. The van der Waals surface area contributed by atoms with Gasteiger partial charge in [0.1, 0.15) is 0 Å². The van der Waals surface area contributed by atoms with Crippen LogP contribution in [0, 0.1) is 0 Å². The van der Waals surface area contributed by atoms with Gasteiger partial charge in [0.05, 0.1) is 11.1 Å². The highest BCUT2D eigenvalue weighted by Crippen LogP contribution is 2.35. The molecule has 3 rings (SSSR count). The summed E-state index contributed by atoms with van der Waals surface area (Å²) < 4.78 is 1.000. The molecule has 2 N–H and O–H groups in total. The molecule has 0 saturated heterocycles. The predicted octanol–water partition coefficient (Wildman–Crippen LogP) is 5.13. The first-order valence-corrected chi connectivity index (χ1v) is 7.97. The minimum Gasteiger partial charge on any atom is -0.389 e. The Kier molecular flexibility index (Phi) is 3.87. The van der Waals surface area contributed by atoms with Crippen molar-refractivity contribution in [2.75, 3.05) is 0 Å². The third-order valence-corrected chi connectivity index (χ3v) is 5.10. The number of hydrogen-bond donors (Lipinski definition) is 2. The van der Waals surface area contributed by atoms with Gasteiger partial charge in [-0.2, -0.15) is 0 Å². The van der Waals surface area contributed by atoms with Crippen molar-refractivity contribution in [2.24, 2.45) is 0 Å². The maximum absolute atomic E-state index is 9.59.